The van der Waals surface area contributed by atoms with Crippen molar-refractivity contribution in [3.8, 4) is 16.9 Å². The first-order valence-corrected chi connectivity index (χ1v) is 10.2. The summed E-state index contributed by atoms with van der Waals surface area (Å²) in [6.07, 6.45) is 1.12. The Labute approximate surface area is 190 Å². The van der Waals surface area contributed by atoms with Crippen LogP contribution in [0.5, 0.6) is 5.75 Å². The van der Waals surface area contributed by atoms with Gasteiger partial charge in [0.05, 0.1) is 6.21 Å². The fourth-order valence-corrected chi connectivity index (χ4v) is 3.19. The Hall–Kier alpha value is -4.32. The second kappa shape index (κ2) is 10.3. The molecule has 0 saturated carbocycles. The molecule has 4 aromatic carbocycles. The van der Waals surface area contributed by atoms with Gasteiger partial charge in [-0.1, -0.05) is 60.7 Å². The molecule has 0 fully saturated rings. The molecule has 0 aromatic heterocycles. The van der Waals surface area contributed by atoms with Crippen molar-refractivity contribution in [1.82, 2.24) is 5.43 Å². The van der Waals surface area contributed by atoms with Crippen molar-refractivity contribution >= 4 is 12.1 Å². The van der Waals surface area contributed by atoms with Gasteiger partial charge in [-0.15, -0.1) is 0 Å². The molecule has 0 aliphatic carbocycles. The molecule has 164 valence electrons. The standard InChI is InChI=1S/C27H20F2N2O2/c28-23-15-14-22(25(29)16-23)17-30-31-27(32)21-12-10-19(11-13-21)18-33-26-9-5-4-8-24(26)20-6-2-1-3-7-20/h1-17H,18H2,(H,31,32). The van der Waals surface area contributed by atoms with E-state index in [1.807, 2.05) is 54.6 Å². The molecule has 0 saturated heterocycles. The molecule has 0 unspecified atom stereocenters. The van der Waals surface area contributed by atoms with Crippen LogP contribution in [0.4, 0.5) is 8.78 Å². The lowest BCUT2D eigenvalue weighted by Gasteiger charge is -2.12. The van der Waals surface area contributed by atoms with Gasteiger partial charge in [0.2, 0.25) is 0 Å². The Balaban J connectivity index is 1.36. The molecule has 4 nitrogen and oxygen atoms in total. The van der Waals surface area contributed by atoms with E-state index in [1.54, 1.807) is 24.3 Å². The van der Waals surface area contributed by atoms with Crippen LogP contribution >= 0.6 is 0 Å². The smallest absolute Gasteiger partial charge is 0.271 e. The molecule has 1 amide bonds. The van der Waals surface area contributed by atoms with E-state index >= 15 is 0 Å². The number of rotatable bonds is 7. The van der Waals surface area contributed by atoms with Crippen LogP contribution in [0.15, 0.2) is 102 Å². The molecule has 4 rings (SSSR count). The summed E-state index contributed by atoms with van der Waals surface area (Å²) in [7, 11) is 0. The van der Waals surface area contributed by atoms with Gasteiger partial charge in [-0.25, -0.2) is 14.2 Å². The van der Waals surface area contributed by atoms with Crippen LogP contribution in [0.1, 0.15) is 21.5 Å². The lowest BCUT2D eigenvalue weighted by molar-refractivity contribution is 0.0955. The number of carbonyl (C=O) groups is 1. The zero-order valence-corrected chi connectivity index (χ0v) is 17.5. The van der Waals surface area contributed by atoms with Gasteiger partial charge in [-0.05, 0) is 41.5 Å². The Morgan fingerprint density at radius 1 is 0.879 bits per heavy atom. The second-order valence-corrected chi connectivity index (χ2v) is 7.21. The van der Waals surface area contributed by atoms with Crippen molar-refractivity contribution in [1.29, 1.82) is 0 Å². The number of hydrogen-bond donors (Lipinski definition) is 1. The summed E-state index contributed by atoms with van der Waals surface area (Å²) >= 11 is 0. The largest absolute Gasteiger partial charge is 0.488 e. The average molecular weight is 442 g/mol. The van der Waals surface area contributed by atoms with Crippen LogP contribution in [-0.4, -0.2) is 12.1 Å². The minimum Gasteiger partial charge on any atom is -0.488 e. The number of hydrogen-bond acceptors (Lipinski definition) is 3. The molecular weight excluding hydrogens is 422 g/mol. The third-order valence-corrected chi connectivity index (χ3v) is 4.91. The lowest BCUT2D eigenvalue weighted by atomic mass is 10.0. The first-order chi connectivity index (χ1) is 16.1. The maximum Gasteiger partial charge on any atom is 0.271 e. The molecule has 4 aromatic rings. The summed E-state index contributed by atoms with van der Waals surface area (Å²) in [6, 6.07) is 27.8. The quantitative estimate of drug-likeness (QED) is 0.283. The highest BCUT2D eigenvalue weighted by atomic mass is 19.1. The molecule has 0 aliphatic heterocycles. The number of amides is 1. The van der Waals surface area contributed by atoms with Crippen LogP contribution in [0.2, 0.25) is 0 Å². The molecule has 0 aliphatic rings. The van der Waals surface area contributed by atoms with Crippen LogP contribution < -0.4 is 10.2 Å². The van der Waals surface area contributed by atoms with Crippen LogP contribution in [-0.2, 0) is 6.61 Å². The van der Waals surface area contributed by atoms with E-state index in [0.29, 0.717) is 12.2 Å². The molecule has 33 heavy (non-hydrogen) atoms. The van der Waals surface area contributed by atoms with E-state index in [0.717, 1.165) is 40.8 Å². The fraction of sp³-hybridized carbons (Fsp3) is 0.0370. The zero-order valence-electron chi connectivity index (χ0n) is 17.5. The molecule has 0 spiro atoms. The van der Waals surface area contributed by atoms with Gasteiger partial charge in [-0.2, -0.15) is 5.10 Å². The van der Waals surface area contributed by atoms with E-state index in [4.69, 9.17) is 4.74 Å². The number of benzene rings is 4. The first-order valence-electron chi connectivity index (χ1n) is 10.2. The third kappa shape index (κ3) is 5.68. The number of hydrazone groups is 1. The highest BCUT2D eigenvalue weighted by Gasteiger charge is 2.08. The third-order valence-electron chi connectivity index (χ3n) is 4.91. The molecule has 0 bridgehead atoms. The first kappa shape index (κ1) is 21.9. The van der Waals surface area contributed by atoms with Crippen molar-refractivity contribution in [3.63, 3.8) is 0 Å². The van der Waals surface area contributed by atoms with Crippen LogP contribution in [0, 0.1) is 11.6 Å². The average Bonchev–Trinajstić information content (AvgIpc) is 2.85. The van der Waals surface area contributed by atoms with E-state index in [-0.39, 0.29) is 5.56 Å². The topological polar surface area (TPSA) is 50.7 Å². The van der Waals surface area contributed by atoms with Gasteiger partial charge in [0.15, 0.2) is 0 Å². The number of ether oxygens (including phenoxy) is 1. The highest BCUT2D eigenvalue weighted by Crippen LogP contribution is 2.30. The Bertz CT molecular complexity index is 1270. The molecular formula is C27H20F2N2O2. The number of carbonyl (C=O) groups excluding carboxylic acids is 1. The van der Waals surface area contributed by atoms with E-state index in [1.165, 1.54) is 6.07 Å². The molecule has 0 heterocycles. The normalized spacial score (nSPS) is 10.8. The number of nitrogens with one attached hydrogen (secondary N) is 1. The molecule has 0 atom stereocenters. The monoisotopic (exact) mass is 442 g/mol. The number of nitrogens with zero attached hydrogens (tertiary/aromatic N) is 1. The maximum atomic E-state index is 13.6. The molecule has 1 N–H and O–H groups in total. The van der Waals surface area contributed by atoms with Crippen molar-refractivity contribution in [2.24, 2.45) is 5.10 Å². The number of halogens is 2. The van der Waals surface area contributed by atoms with Gasteiger partial charge < -0.3 is 4.74 Å². The molecule has 6 heteroatoms. The zero-order chi connectivity index (χ0) is 23.0. The van der Waals surface area contributed by atoms with Gasteiger partial charge in [0.25, 0.3) is 5.91 Å². The minimum absolute atomic E-state index is 0.0694. The number of para-hydroxylation sites is 1. The van der Waals surface area contributed by atoms with Crippen molar-refractivity contribution in [2.45, 2.75) is 6.61 Å². The van der Waals surface area contributed by atoms with Crippen LogP contribution in [0.3, 0.4) is 0 Å². The highest BCUT2D eigenvalue weighted by molar-refractivity contribution is 5.94. The molecule has 0 radical (unpaired) electrons. The predicted molar refractivity (Wildman–Crippen MR) is 124 cm³/mol. The van der Waals surface area contributed by atoms with E-state index in [2.05, 4.69) is 10.5 Å². The summed E-state index contributed by atoms with van der Waals surface area (Å²) in [5, 5.41) is 3.73. The van der Waals surface area contributed by atoms with Gasteiger partial charge in [0.1, 0.15) is 24.0 Å². The SMILES string of the molecule is O=C(NN=Cc1ccc(F)cc1F)c1ccc(COc2ccccc2-c2ccccc2)cc1. The summed E-state index contributed by atoms with van der Waals surface area (Å²) in [6.45, 7) is 0.341. The lowest BCUT2D eigenvalue weighted by Crippen LogP contribution is -2.17. The van der Waals surface area contributed by atoms with Gasteiger partial charge in [-0.3, -0.25) is 4.79 Å². The summed E-state index contributed by atoms with van der Waals surface area (Å²) in [5.74, 6) is -1.11. The van der Waals surface area contributed by atoms with Crippen LogP contribution in [0.25, 0.3) is 11.1 Å². The van der Waals surface area contributed by atoms with Gasteiger partial charge in [0, 0.05) is 22.8 Å². The van der Waals surface area contributed by atoms with Gasteiger partial charge >= 0.3 is 0 Å². The van der Waals surface area contributed by atoms with Crippen molar-refractivity contribution in [2.75, 3.05) is 0 Å². The Morgan fingerprint density at radius 3 is 2.36 bits per heavy atom. The predicted octanol–water partition coefficient (Wildman–Crippen LogP) is 5.97. The van der Waals surface area contributed by atoms with Crippen molar-refractivity contribution < 1.29 is 18.3 Å². The maximum absolute atomic E-state index is 13.6. The fourth-order valence-electron chi connectivity index (χ4n) is 3.19. The van der Waals surface area contributed by atoms with E-state index in [9.17, 15) is 13.6 Å². The Morgan fingerprint density at radius 2 is 1.61 bits per heavy atom. The summed E-state index contributed by atoms with van der Waals surface area (Å²) in [5.41, 5.74) is 5.76. The Kier molecular flexibility index (Phi) is 6.85. The van der Waals surface area contributed by atoms with E-state index < -0.39 is 17.5 Å². The second-order valence-electron chi connectivity index (χ2n) is 7.21. The summed E-state index contributed by atoms with van der Waals surface area (Å²) in [4.78, 5) is 12.3. The van der Waals surface area contributed by atoms with Crippen molar-refractivity contribution in [3.05, 3.63) is 125 Å². The summed E-state index contributed by atoms with van der Waals surface area (Å²) < 4.78 is 32.6. The minimum atomic E-state index is -0.758.